The molecule has 0 radical (unpaired) electrons. The summed E-state index contributed by atoms with van der Waals surface area (Å²) in [4.78, 5) is 11.4. The van der Waals surface area contributed by atoms with E-state index in [4.69, 9.17) is 4.42 Å². The molecule has 1 aromatic heterocycles. The van der Waals surface area contributed by atoms with Crippen molar-refractivity contribution in [2.75, 3.05) is 0 Å². The molecule has 28 heavy (non-hydrogen) atoms. The van der Waals surface area contributed by atoms with E-state index >= 15 is 0 Å². The van der Waals surface area contributed by atoms with Crippen LogP contribution in [0.15, 0.2) is 27.6 Å². The highest BCUT2D eigenvalue weighted by atomic mass is 16.4. The van der Waals surface area contributed by atoms with Crippen LogP contribution in [0.3, 0.4) is 0 Å². The van der Waals surface area contributed by atoms with Crippen molar-refractivity contribution in [3.8, 4) is 0 Å². The summed E-state index contributed by atoms with van der Waals surface area (Å²) in [7, 11) is 0. The minimum absolute atomic E-state index is 0.129. The molecule has 0 aliphatic heterocycles. The highest BCUT2D eigenvalue weighted by Crippen LogP contribution is 2.70. The van der Waals surface area contributed by atoms with Crippen LogP contribution in [0.5, 0.6) is 0 Å². The Bertz CT molecular complexity index is 797. The van der Waals surface area contributed by atoms with Crippen molar-refractivity contribution in [2.24, 2.45) is 28.6 Å². The highest BCUT2D eigenvalue weighted by Gasteiger charge is 2.67. The quantitative estimate of drug-likeness (QED) is 0.757. The molecule has 5 rings (SSSR count). The minimum Gasteiger partial charge on any atom is -0.431 e. The van der Waals surface area contributed by atoms with Crippen molar-refractivity contribution in [3.05, 3.63) is 34.4 Å². The van der Waals surface area contributed by atoms with Gasteiger partial charge in [0.2, 0.25) is 0 Å². The molecule has 0 amide bonds. The van der Waals surface area contributed by atoms with Crippen LogP contribution in [0.1, 0.15) is 83.1 Å². The molecule has 4 aliphatic carbocycles. The van der Waals surface area contributed by atoms with E-state index in [1.807, 2.05) is 6.07 Å². The lowest BCUT2D eigenvalue weighted by Gasteiger charge is -2.63. The van der Waals surface area contributed by atoms with Crippen LogP contribution >= 0.6 is 0 Å². The van der Waals surface area contributed by atoms with E-state index in [-0.39, 0.29) is 28.5 Å². The Labute approximate surface area is 167 Å². The van der Waals surface area contributed by atoms with Crippen molar-refractivity contribution in [1.29, 1.82) is 0 Å². The first-order chi connectivity index (χ1) is 13.3. The first-order valence-corrected chi connectivity index (χ1v) is 11.3. The van der Waals surface area contributed by atoms with Gasteiger partial charge in [0.1, 0.15) is 0 Å². The van der Waals surface area contributed by atoms with E-state index in [1.54, 1.807) is 6.26 Å². The molecular weight excluding hydrogens is 352 g/mol. The lowest BCUT2D eigenvalue weighted by atomic mass is 9.43. The van der Waals surface area contributed by atoms with Gasteiger partial charge in [-0.05, 0) is 98.5 Å². The van der Waals surface area contributed by atoms with Gasteiger partial charge in [-0.3, -0.25) is 0 Å². The molecule has 0 saturated heterocycles. The molecule has 4 fully saturated rings. The Balaban J connectivity index is 1.48. The van der Waals surface area contributed by atoms with Gasteiger partial charge < -0.3 is 14.6 Å². The molecule has 8 atom stereocenters. The Morgan fingerprint density at radius 2 is 1.82 bits per heavy atom. The van der Waals surface area contributed by atoms with E-state index < -0.39 is 5.60 Å². The van der Waals surface area contributed by atoms with Gasteiger partial charge in [0, 0.05) is 11.5 Å². The number of aliphatic hydroxyl groups excluding tert-OH is 1. The smallest absolute Gasteiger partial charge is 0.335 e. The molecule has 154 valence electrons. The maximum atomic E-state index is 12.2. The van der Waals surface area contributed by atoms with Crippen molar-refractivity contribution in [1.82, 2.24) is 0 Å². The average molecular weight is 387 g/mol. The normalized spacial score (nSPS) is 50.5. The summed E-state index contributed by atoms with van der Waals surface area (Å²) in [5.41, 5.74) is 0.219. The molecule has 4 saturated carbocycles. The van der Waals surface area contributed by atoms with E-state index in [0.717, 1.165) is 56.9 Å². The molecule has 4 aliphatic rings. The Morgan fingerprint density at radius 3 is 2.57 bits per heavy atom. The third-order valence-electron chi connectivity index (χ3n) is 9.95. The highest BCUT2D eigenvalue weighted by molar-refractivity contribution is 5.27. The van der Waals surface area contributed by atoms with Gasteiger partial charge in [0.15, 0.2) is 0 Å². The zero-order chi connectivity index (χ0) is 19.7. The van der Waals surface area contributed by atoms with Crippen molar-refractivity contribution in [3.63, 3.8) is 0 Å². The summed E-state index contributed by atoms with van der Waals surface area (Å²) in [6.07, 6.45) is 10.7. The van der Waals surface area contributed by atoms with E-state index in [0.29, 0.717) is 17.8 Å². The number of rotatable bonds is 1. The van der Waals surface area contributed by atoms with Crippen LogP contribution in [0.2, 0.25) is 0 Å². The van der Waals surface area contributed by atoms with Gasteiger partial charge in [-0.25, -0.2) is 4.79 Å². The molecule has 4 heteroatoms. The fourth-order valence-corrected chi connectivity index (χ4v) is 8.30. The molecule has 1 aromatic rings. The lowest BCUT2D eigenvalue weighted by Crippen LogP contribution is -2.62. The predicted octanol–water partition coefficient (Wildman–Crippen LogP) is 4.24. The second-order valence-electron chi connectivity index (χ2n) is 10.8. The number of aliphatic hydroxyl groups is 2. The van der Waals surface area contributed by atoms with Gasteiger partial charge in [0.05, 0.1) is 18.0 Å². The summed E-state index contributed by atoms with van der Waals surface area (Å²) in [6.45, 7) is 4.73. The van der Waals surface area contributed by atoms with Gasteiger partial charge in [-0.2, -0.15) is 0 Å². The fourth-order valence-electron chi connectivity index (χ4n) is 8.30. The van der Waals surface area contributed by atoms with Gasteiger partial charge >= 0.3 is 5.63 Å². The van der Waals surface area contributed by atoms with Gasteiger partial charge in [-0.1, -0.05) is 13.8 Å². The monoisotopic (exact) mass is 386 g/mol. The SMILES string of the molecule is C[C@]12CC[C@H](O)C[C@H]1CC[C@@H]1[C@H]2CC[C@]2(C)[C@@H](c3ccc(=O)oc3)CC[C@]12O. The topological polar surface area (TPSA) is 70.7 Å². The van der Waals surface area contributed by atoms with E-state index in [2.05, 4.69) is 13.8 Å². The summed E-state index contributed by atoms with van der Waals surface area (Å²) < 4.78 is 5.17. The lowest BCUT2D eigenvalue weighted by molar-refractivity contribution is -0.205. The first kappa shape index (κ1) is 18.9. The largest absolute Gasteiger partial charge is 0.431 e. The second-order valence-corrected chi connectivity index (χ2v) is 10.8. The standard InChI is InChI=1S/C24H34O4/c1-22-10-7-17(25)13-16(22)4-5-20-19(22)8-11-23(2)18(9-12-24(20,23)27)15-3-6-21(26)28-14-15/h3,6,14,16-20,25,27H,4-5,7-13H2,1-2H3/t16-,17+,18-,19-,20-,22+,23-,24+/m1/s1. The second kappa shape index (κ2) is 6.18. The van der Waals surface area contributed by atoms with E-state index in [1.165, 1.54) is 12.5 Å². The Hall–Kier alpha value is -1.13. The van der Waals surface area contributed by atoms with Crippen LogP contribution in [0, 0.1) is 28.6 Å². The number of hydrogen-bond donors (Lipinski definition) is 2. The maximum absolute atomic E-state index is 12.2. The van der Waals surface area contributed by atoms with Crippen molar-refractivity contribution in [2.45, 2.75) is 89.3 Å². The molecular formula is C24H34O4. The molecule has 0 unspecified atom stereocenters. The molecule has 0 spiro atoms. The van der Waals surface area contributed by atoms with Gasteiger partial charge in [0.25, 0.3) is 0 Å². The average Bonchev–Trinajstić information content (AvgIpc) is 2.95. The molecule has 0 bridgehead atoms. The van der Waals surface area contributed by atoms with Crippen LogP contribution < -0.4 is 5.63 Å². The zero-order valence-electron chi connectivity index (χ0n) is 17.2. The predicted molar refractivity (Wildman–Crippen MR) is 107 cm³/mol. The first-order valence-electron chi connectivity index (χ1n) is 11.3. The van der Waals surface area contributed by atoms with Gasteiger partial charge in [-0.15, -0.1) is 0 Å². The molecule has 2 N–H and O–H groups in total. The summed E-state index contributed by atoms with van der Waals surface area (Å²) in [5.74, 6) is 1.76. The van der Waals surface area contributed by atoms with Crippen LogP contribution in [0.4, 0.5) is 0 Å². The molecule has 0 aromatic carbocycles. The minimum atomic E-state index is -0.638. The Kier molecular flexibility index (Phi) is 4.17. The number of hydrogen-bond acceptors (Lipinski definition) is 4. The van der Waals surface area contributed by atoms with Crippen LogP contribution in [-0.4, -0.2) is 21.9 Å². The van der Waals surface area contributed by atoms with E-state index in [9.17, 15) is 15.0 Å². The fraction of sp³-hybridized carbons (Fsp3) is 0.792. The molecule has 1 heterocycles. The third-order valence-corrected chi connectivity index (χ3v) is 9.95. The van der Waals surface area contributed by atoms with Crippen molar-refractivity contribution >= 4 is 0 Å². The third kappa shape index (κ3) is 2.40. The van der Waals surface area contributed by atoms with Crippen LogP contribution in [0.25, 0.3) is 0 Å². The molecule has 4 nitrogen and oxygen atoms in total. The van der Waals surface area contributed by atoms with Crippen LogP contribution in [-0.2, 0) is 0 Å². The summed E-state index contributed by atoms with van der Waals surface area (Å²) in [6, 6.07) is 3.42. The zero-order valence-corrected chi connectivity index (χ0v) is 17.2. The maximum Gasteiger partial charge on any atom is 0.335 e. The van der Waals surface area contributed by atoms with Crippen molar-refractivity contribution < 1.29 is 14.6 Å². The Morgan fingerprint density at radius 1 is 1.00 bits per heavy atom. The number of fused-ring (bicyclic) bond motifs is 5. The summed E-state index contributed by atoms with van der Waals surface area (Å²) >= 11 is 0. The summed E-state index contributed by atoms with van der Waals surface area (Å²) in [5, 5.41) is 22.4.